The summed E-state index contributed by atoms with van der Waals surface area (Å²) in [5, 5.41) is 9.19. The average Bonchev–Trinajstić information content (AvgIpc) is 3.02. The first-order valence-electron chi connectivity index (χ1n) is 7.41. The maximum atomic E-state index is 9.19. The van der Waals surface area contributed by atoms with Gasteiger partial charge in [-0.25, -0.2) is 4.98 Å². The molecule has 0 amide bonds. The summed E-state index contributed by atoms with van der Waals surface area (Å²) >= 11 is 0. The van der Waals surface area contributed by atoms with Crippen molar-refractivity contribution in [3.05, 3.63) is 23.9 Å². The first-order valence-corrected chi connectivity index (χ1v) is 7.41. The predicted octanol–water partition coefficient (Wildman–Crippen LogP) is 1.64. The van der Waals surface area contributed by atoms with Crippen LogP contribution in [0.25, 0.3) is 0 Å². The number of anilines is 1. The Hall–Kier alpha value is -1.13. The van der Waals surface area contributed by atoms with Gasteiger partial charge in [-0.15, -0.1) is 0 Å². The number of hydrogen-bond donors (Lipinski definition) is 1. The summed E-state index contributed by atoms with van der Waals surface area (Å²) < 4.78 is 0. The molecule has 0 unspecified atom stereocenters. The summed E-state index contributed by atoms with van der Waals surface area (Å²) in [4.78, 5) is 9.42. The van der Waals surface area contributed by atoms with E-state index < -0.39 is 0 Å². The zero-order valence-corrected chi connectivity index (χ0v) is 11.5. The third-order valence-corrected chi connectivity index (χ3v) is 4.47. The molecule has 2 heterocycles. The summed E-state index contributed by atoms with van der Waals surface area (Å²) in [5.74, 6) is 1.01. The van der Waals surface area contributed by atoms with Crippen molar-refractivity contribution in [2.75, 3.05) is 31.1 Å². The molecule has 0 atom stereocenters. The first-order chi connectivity index (χ1) is 9.36. The van der Waals surface area contributed by atoms with Gasteiger partial charge in [0.25, 0.3) is 0 Å². The van der Waals surface area contributed by atoms with Gasteiger partial charge in [0.15, 0.2) is 0 Å². The van der Waals surface area contributed by atoms with Crippen LogP contribution in [0.1, 0.15) is 31.2 Å². The summed E-state index contributed by atoms with van der Waals surface area (Å²) in [6.45, 7) is 4.50. The van der Waals surface area contributed by atoms with Gasteiger partial charge in [-0.1, -0.05) is 12.8 Å². The van der Waals surface area contributed by atoms with Crippen molar-refractivity contribution >= 4 is 5.82 Å². The number of nitrogens with zero attached hydrogens (tertiary/aromatic N) is 3. The third kappa shape index (κ3) is 2.90. The van der Waals surface area contributed by atoms with E-state index in [-0.39, 0.29) is 6.61 Å². The van der Waals surface area contributed by atoms with Crippen LogP contribution >= 0.6 is 0 Å². The molecule has 2 fully saturated rings. The van der Waals surface area contributed by atoms with Crippen LogP contribution in [-0.2, 0) is 6.61 Å². The molecule has 1 aliphatic heterocycles. The number of hydrogen-bond acceptors (Lipinski definition) is 4. The molecule has 4 heteroatoms. The number of pyridine rings is 1. The van der Waals surface area contributed by atoms with Crippen LogP contribution in [0.5, 0.6) is 0 Å². The van der Waals surface area contributed by atoms with E-state index in [2.05, 4.69) is 14.8 Å². The molecule has 1 saturated heterocycles. The maximum absolute atomic E-state index is 9.19. The average molecular weight is 261 g/mol. The minimum atomic E-state index is 0.0948. The van der Waals surface area contributed by atoms with Crippen molar-refractivity contribution in [3.8, 4) is 0 Å². The molecule has 0 aromatic carbocycles. The Morgan fingerprint density at radius 1 is 1.16 bits per heavy atom. The Bertz CT molecular complexity index is 410. The number of piperazine rings is 1. The smallest absolute Gasteiger partial charge is 0.128 e. The molecule has 0 radical (unpaired) electrons. The van der Waals surface area contributed by atoms with Gasteiger partial charge in [0.05, 0.1) is 6.61 Å². The molecule has 1 saturated carbocycles. The van der Waals surface area contributed by atoms with E-state index in [1.807, 2.05) is 12.1 Å². The molecule has 19 heavy (non-hydrogen) atoms. The molecule has 4 nitrogen and oxygen atoms in total. The molecule has 0 bridgehead atoms. The molecule has 1 aliphatic carbocycles. The second-order valence-corrected chi connectivity index (χ2v) is 5.64. The van der Waals surface area contributed by atoms with Gasteiger partial charge in [0, 0.05) is 38.4 Å². The van der Waals surface area contributed by atoms with Crippen molar-refractivity contribution in [3.63, 3.8) is 0 Å². The number of aromatic nitrogens is 1. The van der Waals surface area contributed by atoms with Crippen molar-refractivity contribution in [1.29, 1.82) is 0 Å². The Kier molecular flexibility index (Phi) is 3.99. The number of aliphatic hydroxyl groups excluding tert-OH is 1. The fourth-order valence-electron chi connectivity index (χ4n) is 3.32. The van der Waals surface area contributed by atoms with Crippen LogP contribution < -0.4 is 4.90 Å². The van der Waals surface area contributed by atoms with Crippen molar-refractivity contribution < 1.29 is 5.11 Å². The van der Waals surface area contributed by atoms with E-state index in [0.717, 1.165) is 43.6 Å². The number of rotatable bonds is 3. The first kappa shape index (κ1) is 12.9. The second-order valence-electron chi connectivity index (χ2n) is 5.64. The van der Waals surface area contributed by atoms with Gasteiger partial charge in [0.1, 0.15) is 5.82 Å². The SMILES string of the molecule is OCc1ccnc(N2CCN(C3CCCC3)CC2)c1. The fraction of sp³-hybridized carbons (Fsp3) is 0.667. The summed E-state index contributed by atoms with van der Waals surface area (Å²) in [6, 6.07) is 4.71. The zero-order chi connectivity index (χ0) is 13.1. The van der Waals surface area contributed by atoms with E-state index in [1.54, 1.807) is 6.20 Å². The molecular formula is C15H23N3O. The van der Waals surface area contributed by atoms with E-state index in [9.17, 15) is 5.11 Å². The molecular weight excluding hydrogens is 238 g/mol. The lowest BCUT2D eigenvalue weighted by Gasteiger charge is -2.38. The van der Waals surface area contributed by atoms with E-state index in [4.69, 9.17) is 0 Å². The fourth-order valence-corrected chi connectivity index (χ4v) is 3.32. The Morgan fingerprint density at radius 3 is 2.58 bits per heavy atom. The third-order valence-electron chi connectivity index (χ3n) is 4.47. The largest absolute Gasteiger partial charge is 0.392 e. The Balaban J connectivity index is 1.59. The van der Waals surface area contributed by atoms with E-state index in [1.165, 1.54) is 25.7 Å². The lowest BCUT2D eigenvalue weighted by atomic mass is 10.1. The minimum absolute atomic E-state index is 0.0948. The normalized spacial score (nSPS) is 22.1. The predicted molar refractivity (Wildman–Crippen MR) is 76.2 cm³/mol. The summed E-state index contributed by atoms with van der Waals surface area (Å²) in [6.07, 6.45) is 7.39. The van der Waals surface area contributed by atoms with Crippen LogP contribution in [0, 0.1) is 0 Å². The Labute approximate surface area is 115 Å². The summed E-state index contributed by atoms with van der Waals surface area (Å²) in [5.41, 5.74) is 0.947. The lowest BCUT2D eigenvalue weighted by molar-refractivity contribution is 0.187. The molecule has 1 aromatic heterocycles. The van der Waals surface area contributed by atoms with Gasteiger partial charge in [-0.3, -0.25) is 4.90 Å². The number of aliphatic hydroxyl groups is 1. The van der Waals surface area contributed by atoms with E-state index in [0.29, 0.717) is 0 Å². The van der Waals surface area contributed by atoms with Crippen LogP contribution in [0.3, 0.4) is 0 Å². The lowest BCUT2D eigenvalue weighted by Crippen LogP contribution is -2.50. The van der Waals surface area contributed by atoms with Crippen molar-refractivity contribution in [2.24, 2.45) is 0 Å². The second kappa shape index (κ2) is 5.88. The summed E-state index contributed by atoms with van der Waals surface area (Å²) in [7, 11) is 0. The molecule has 2 aliphatic rings. The highest BCUT2D eigenvalue weighted by molar-refractivity contribution is 5.41. The van der Waals surface area contributed by atoms with Gasteiger partial charge >= 0.3 is 0 Å². The molecule has 1 aromatic rings. The zero-order valence-electron chi connectivity index (χ0n) is 11.5. The molecule has 3 rings (SSSR count). The van der Waals surface area contributed by atoms with Crippen molar-refractivity contribution in [1.82, 2.24) is 9.88 Å². The minimum Gasteiger partial charge on any atom is -0.392 e. The standard InChI is InChI=1S/C15H23N3O/c19-12-13-5-6-16-15(11-13)18-9-7-17(8-10-18)14-3-1-2-4-14/h5-6,11,14,19H,1-4,7-10,12H2. The quantitative estimate of drug-likeness (QED) is 0.898. The topological polar surface area (TPSA) is 39.6 Å². The maximum Gasteiger partial charge on any atom is 0.128 e. The highest BCUT2D eigenvalue weighted by Crippen LogP contribution is 2.25. The molecule has 104 valence electrons. The van der Waals surface area contributed by atoms with Crippen LogP contribution in [0.15, 0.2) is 18.3 Å². The monoisotopic (exact) mass is 261 g/mol. The van der Waals surface area contributed by atoms with Crippen LogP contribution in [-0.4, -0.2) is 47.2 Å². The van der Waals surface area contributed by atoms with Gasteiger partial charge in [-0.2, -0.15) is 0 Å². The van der Waals surface area contributed by atoms with Gasteiger partial charge in [0.2, 0.25) is 0 Å². The highest BCUT2D eigenvalue weighted by Gasteiger charge is 2.26. The van der Waals surface area contributed by atoms with Crippen LogP contribution in [0.2, 0.25) is 0 Å². The van der Waals surface area contributed by atoms with Gasteiger partial charge < -0.3 is 10.0 Å². The van der Waals surface area contributed by atoms with Crippen molar-refractivity contribution in [2.45, 2.75) is 38.3 Å². The van der Waals surface area contributed by atoms with Gasteiger partial charge in [-0.05, 0) is 30.5 Å². The molecule has 1 N–H and O–H groups in total. The Morgan fingerprint density at radius 2 is 1.89 bits per heavy atom. The molecule has 0 spiro atoms. The van der Waals surface area contributed by atoms with Crippen LogP contribution in [0.4, 0.5) is 5.82 Å². The highest BCUT2D eigenvalue weighted by atomic mass is 16.3. The van der Waals surface area contributed by atoms with E-state index >= 15 is 0 Å².